The van der Waals surface area contributed by atoms with E-state index in [0.29, 0.717) is 24.5 Å². The molecule has 3 aromatic rings. The Morgan fingerprint density at radius 2 is 1.89 bits per heavy atom. The molecule has 1 N–H and O–H groups in total. The summed E-state index contributed by atoms with van der Waals surface area (Å²) in [6.07, 6.45) is 3.04. The van der Waals surface area contributed by atoms with Crippen molar-refractivity contribution in [2.24, 2.45) is 0 Å². The number of aliphatic hydroxyl groups excluding tert-OH is 1. The van der Waals surface area contributed by atoms with Gasteiger partial charge in [0.25, 0.3) is 11.7 Å². The third-order valence-corrected chi connectivity index (χ3v) is 5.73. The number of halogens is 2. The number of hydrogen-bond acceptors (Lipinski definition) is 6. The number of carbonyl (C=O) groups is 2. The summed E-state index contributed by atoms with van der Waals surface area (Å²) in [7, 11) is 0. The Hall–Kier alpha value is -3.91. The first-order chi connectivity index (χ1) is 16.9. The second-order valence-electron chi connectivity index (χ2n) is 7.58. The van der Waals surface area contributed by atoms with Gasteiger partial charge in [-0.1, -0.05) is 17.7 Å². The number of rotatable bonds is 7. The molecule has 180 valence electrons. The molecule has 1 aliphatic heterocycles. The molecule has 1 saturated heterocycles. The number of hydrogen-bond donors (Lipinski definition) is 1. The first-order valence-corrected chi connectivity index (χ1v) is 11.3. The molecule has 1 aromatic heterocycles. The number of benzene rings is 2. The summed E-state index contributed by atoms with van der Waals surface area (Å²) >= 11 is 5.96. The molecule has 0 bridgehead atoms. The Labute approximate surface area is 206 Å². The summed E-state index contributed by atoms with van der Waals surface area (Å²) in [5.74, 6) is -2.07. The molecule has 1 unspecified atom stereocenters. The highest BCUT2D eigenvalue weighted by molar-refractivity contribution is 6.51. The summed E-state index contributed by atoms with van der Waals surface area (Å²) in [5, 5.41) is 11.2. The Morgan fingerprint density at radius 3 is 2.54 bits per heavy atom. The molecule has 0 spiro atoms. The van der Waals surface area contributed by atoms with Crippen molar-refractivity contribution in [2.75, 3.05) is 18.1 Å². The SMILES string of the molecule is CCOc1ccc(/C(O)=C2/C(=O)C(=O)N(c3ccc(F)c(Cl)c3)C2c2cccnc2)c(OCC)c1. The van der Waals surface area contributed by atoms with E-state index in [1.165, 1.54) is 23.2 Å². The number of aromatic nitrogens is 1. The molecule has 2 heterocycles. The van der Waals surface area contributed by atoms with Crippen molar-refractivity contribution in [3.05, 3.63) is 88.5 Å². The van der Waals surface area contributed by atoms with Crippen molar-refractivity contribution in [3.63, 3.8) is 0 Å². The molecule has 4 rings (SSSR count). The van der Waals surface area contributed by atoms with E-state index in [-0.39, 0.29) is 27.6 Å². The van der Waals surface area contributed by atoms with E-state index < -0.39 is 29.3 Å². The number of Topliss-reactive ketones (excluding diaryl/α,β-unsaturated/α-hetero) is 1. The van der Waals surface area contributed by atoms with E-state index >= 15 is 0 Å². The number of pyridine rings is 1. The highest BCUT2D eigenvalue weighted by atomic mass is 35.5. The van der Waals surface area contributed by atoms with Crippen LogP contribution in [0.1, 0.15) is 31.0 Å². The van der Waals surface area contributed by atoms with Gasteiger partial charge in [0.15, 0.2) is 0 Å². The van der Waals surface area contributed by atoms with E-state index in [4.69, 9.17) is 21.1 Å². The van der Waals surface area contributed by atoms with Gasteiger partial charge in [0, 0.05) is 24.1 Å². The zero-order valence-corrected chi connectivity index (χ0v) is 19.8. The lowest BCUT2D eigenvalue weighted by Crippen LogP contribution is -2.29. The van der Waals surface area contributed by atoms with Gasteiger partial charge in [-0.15, -0.1) is 0 Å². The van der Waals surface area contributed by atoms with Crippen molar-refractivity contribution in [1.82, 2.24) is 4.98 Å². The molecule has 0 saturated carbocycles. The van der Waals surface area contributed by atoms with Crippen LogP contribution >= 0.6 is 11.6 Å². The van der Waals surface area contributed by atoms with E-state index in [2.05, 4.69) is 4.98 Å². The van der Waals surface area contributed by atoms with Crippen molar-refractivity contribution in [3.8, 4) is 11.5 Å². The molecule has 1 aliphatic rings. The van der Waals surface area contributed by atoms with E-state index in [1.807, 2.05) is 6.92 Å². The molecule has 35 heavy (non-hydrogen) atoms. The molecular formula is C26H22ClFN2O5. The Bertz CT molecular complexity index is 1310. The summed E-state index contributed by atoms with van der Waals surface area (Å²) in [6.45, 7) is 4.35. The van der Waals surface area contributed by atoms with Gasteiger partial charge in [-0.2, -0.15) is 0 Å². The van der Waals surface area contributed by atoms with Crippen molar-refractivity contribution in [2.45, 2.75) is 19.9 Å². The fourth-order valence-electron chi connectivity index (χ4n) is 3.96. The fourth-order valence-corrected chi connectivity index (χ4v) is 4.14. The van der Waals surface area contributed by atoms with Crippen molar-refractivity contribution >= 4 is 34.7 Å². The number of amides is 1. The van der Waals surface area contributed by atoms with E-state index in [9.17, 15) is 19.1 Å². The first-order valence-electron chi connectivity index (χ1n) is 10.9. The largest absolute Gasteiger partial charge is 0.507 e. The average molecular weight is 497 g/mol. The van der Waals surface area contributed by atoms with Gasteiger partial charge in [0.1, 0.15) is 23.1 Å². The minimum absolute atomic E-state index is 0.159. The lowest BCUT2D eigenvalue weighted by atomic mass is 9.95. The summed E-state index contributed by atoms with van der Waals surface area (Å²) in [4.78, 5) is 31.8. The number of ketones is 1. The van der Waals surface area contributed by atoms with Crippen LogP contribution in [0.25, 0.3) is 5.76 Å². The van der Waals surface area contributed by atoms with Gasteiger partial charge in [0.05, 0.1) is 35.4 Å². The molecule has 2 aromatic carbocycles. The fraction of sp³-hybridized carbons (Fsp3) is 0.192. The monoisotopic (exact) mass is 496 g/mol. The number of nitrogens with zero attached hydrogens (tertiary/aromatic N) is 2. The van der Waals surface area contributed by atoms with Gasteiger partial charge >= 0.3 is 0 Å². The molecule has 7 nitrogen and oxygen atoms in total. The van der Waals surface area contributed by atoms with Crippen LogP contribution in [-0.2, 0) is 9.59 Å². The van der Waals surface area contributed by atoms with Gasteiger partial charge < -0.3 is 14.6 Å². The normalized spacial score (nSPS) is 17.0. The van der Waals surface area contributed by atoms with Crippen LogP contribution in [0.15, 0.2) is 66.5 Å². The summed E-state index contributed by atoms with van der Waals surface area (Å²) in [6, 6.07) is 10.8. The third-order valence-electron chi connectivity index (χ3n) is 5.44. The highest BCUT2D eigenvalue weighted by Crippen LogP contribution is 2.44. The minimum atomic E-state index is -1.04. The third kappa shape index (κ3) is 4.57. The predicted molar refractivity (Wildman–Crippen MR) is 129 cm³/mol. The van der Waals surface area contributed by atoms with Crippen LogP contribution in [0.5, 0.6) is 11.5 Å². The lowest BCUT2D eigenvalue weighted by molar-refractivity contribution is -0.132. The second-order valence-corrected chi connectivity index (χ2v) is 7.99. The van der Waals surface area contributed by atoms with E-state index in [1.54, 1.807) is 43.5 Å². The Morgan fingerprint density at radius 1 is 1.11 bits per heavy atom. The highest BCUT2D eigenvalue weighted by Gasteiger charge is 2.47. The van der Waals surface area contributed by atoms with E-state index in [0.717, 1.165) is 6.07 Å². The second kappa shape index (κ2) is 10.1. The Balaban J connectivity index is 1.93. The van der Waals surface area contributed by atoms with Crippen LogP contribution in [0, 0.1) is 5.82 Å². The van der Waals surface area contributed by atoms with Crippen LogP contribution < -0.4 is 14.4 Å². The molecular weight excluding hydrogens is 475 g/mol. The zero-order chi connectivity index (χ0) is 25.1. The number of aliphatic hydroxyl groups is 1. The lowest BCUT2D eigenvalue weighted by Gasteiger charge is -2.25. The maximum absolute atomic E-state index is 13.8. The first kappa shape index (κ1) is 24.2. The summed E-state index contributed by atoms with van der Waals surface area (Å²) < 4.78 is 25.0. The van der Waals surface area contributed by atoms with Gasteiger partial charge in [-0.05, 0) is 55.8 Å². The molecule has 1 amide bonds. The maximum atomic E-state index is 13.8. The average Bonchev–Trinajstić information content (AvgIpc) is 3.12. The van der Waals surface area contributed by atoms with Crippen LogP contribution in [0.4, 0.5) is 10.1 Å². The minimum Gasteiger partial charge on any atom is -0.507 e. The predicted octanol–water partition coefficient (Wildman–Crippen LogP) is 5.30. The molecule has 1 fully saturated rings. The van der Waals surface area contributed by atoms with Gasteiger partial charge in [0.2, 0.25) is 0 Å². The molecule has 9 heteroatoms. The van der Waals surface area contributed by atoms with Crippen LogP contribution in [-0.4, -0.2) is 35.0 Å². The van der Waals surface area contributed by atoms with Crippen molar-refractivity contribution in [1.29, 1.82) is 0 Å². The zero-order valence-electron chi connectivity index (χ0n) is 19.0. The van der Waals surface area contributed by atoms with Gasteiger partial charge in [-0.3, -0.25) is 19.5 Å². The Kier molecular flexibility index (Phi) is 7.02. The number of carbonyl (C=O) groups excluding carboxylic acids is 2. The quantitative estimate of drug-likeness (QED) is 0.271. The topological polar surface area (TPSA) is 89.0 Å². The maximum Gasteiger partial charge on any atom is 0.300 e. The number of anilines is 1. The molecule has 0 aliphatic carbocycles. The standard InChI is InChI=1S/C26H22ClFN2O5/c1-3-34-17-8-9-18(21(13-17)35-4-2)24(31)22-23(15-6-5-11-29-14-15)30(26(33)25(22)32)16-7-10-20(28)19(27)12-16/h5-14,23,31H,3-4H2,1-2H3/b24-22-. The number of ether oxygens (including phenoxy) is 2. The summed E-state index contributed by atoms with van der Waals surface area (Å²) in [5.41, 5.74) is 0.730. The molecule has 0 radical (unpaired) electrons. The van der Waals surface area contributed by atoms with Gasteiger partial charge in [-0.25, -0.2) is 4.39 Å². The van der Waals surface area contributed by atoms with Crippen LogP contribution in [0.2, 0.25) is 5.02 Å². The molecule has 1 atom stereocenters. The smallest absolute Gasteiger partial charge is 0.300 e. The van der Waals surface area contributed by atoms with Crippen molar-refractivity contribution < 1.29 is 28.6 Å². The van der Waals surface area contributed by atoms with Crippen LogP contribution in [0.3, 0.4) is 0 Å².